The number of phenols is 1. The van der Waals surface area contributed by atoms with E-state index in [4.69, 9.17) is 9.47 Å². The summed E-state index contributed by atoms with van der Waals surface area (Å²) in [6.45, 7) is 7.45. The number of nitrogens with zero attached hydrogens (tertiary/aromatic N) is 1. The van der Waals surface area contributed by atoms with Crippen LogP contribution in [-0.4, -0.2) is 42.9 Å². The highest BCUT2D eigenvalue weighted by molar-refractivity contribution is 7.92. The van der Waals surface area contributed by atoms with Crippen LogP contribution in [0.15, 0.2) is 29.4 Å². The Morgan fingerprint density at radius 3 is 2.37 bits per heavy atom. The van der Waals surface area contributed by atoms with Crippen LogP contribution in [0.1, 0.15) is 35.6 Å². The summed E-state index contributed by atoms with van der Waals surface area (Å²) in [5.41, 5.74) is 2.75. The first kappa shape index (κ1) is 21.8. The fourth-order valence-corrected chi connectivity index (χ4v) is 4.10. The number of sulfonamides is 1. The molecule has 1 heterocycles. The minimum atomic E-state index is -3.35. The van der Waals surface area contributed by atoms with Crippen molar-refractivity contribution >= 4 is 21.4 Å². The predicted molar refractivity (Wildman–Crippen MR) is 115 cm³/mol. The molecule has 2 aromatic carbocycles. The van der Waals surface area contributed by atoms with Crippen molar-refractivity contribution < 1.29 is 28.2 Å². The van der Waals surface area contributed by atoms with Gasteiger partial charge in [-0.2, -0.15) is 0 Å². The van der Waals surface area contributed by atoms with Crippen molar-refractivity contribution in [2.45, 2.75) is 39.7 Å². The van der Waals surface area contributed by atoms with E-state index < -0.39 is 15.6 Å². The van der Waals surface area contributed by atoms with Crippen LogP contribution in [-0.2, 0) is 10.0 Å². The molecule has 0 aliphatic carbocycles. The van der Waals surface area contributed by atoms with Gasteiger partial charge >= 0.3 is 0 Å². The molecule has 3 rings (SSSR count). The molecule has 0 bridgehead atoms. The standard InChI is InChI=1S/C21H26N2O6S/c1-12-13(2)20-18(14(3)19(12)24)17(22-25)10-21(4,29-20)11-28-16-8-6-15(7-9-16)23-30(5,26)27/h6-9,23-25H,10-11H2,1-5H3. The van der Waals surface area contributed by atoms with E-state index in [1.165, 1.54) is 0 Å². The Kier molecular flexibility index (Phi) is 5.60. The van der Waals surface area contributed by atoms with Crippen molar-refractivity contribution in [3.8, 4) is 17.2 Å². The first-order valence-corrected chi connectivity index (χ1v) is 11.3. The highest BCUT2D eigenvalue weighted by atomic mass is 32.2. The molecule has 0 aromatic heterocycles. The van der Waals surface area contributed by atoms with Gasteiger partial charge < -0.3 is 19.8 Å². The van der Waals surface area contributed by atoms with Crippen LogP contribution in [0, 0.1) is 20.8 Å². The third-order valence-corrected chi connectivity index (χ3v) is 5.82. The van der Waals surface area contributed by atoms with E-state index in [1.54, 1.807) is 31.2 Å². The van der Waals surface area contributed by atoms with Gasteiger partial charge in [0.1, 0.15) is 29.5 Å². The highest BCUT2D eigenvalue weighted by Gasteiger charge is 2.39. The van der Waals surface area contributed by atoms with Gasteiger partial charge in [0.15, 0.2) is 0 Å². The van der Waals surface area contributed by atoms with Crippen LogP contribution in [0.4, 0.5) is 5.69 Å². The lowest BCUT2D eigenvalue weighted by Gasteiger charge is -2.37. The molecule has 1 unspecified atom stereocenters. The average molecular weight is 435 g/mol. The van der Waals surface area contributed by atoms with Gasteiger partial charge in [-0.3, -0.25) is 4.72 Å². The van der Waals surface area contributed by atoms with Gasteiger partial charge in [0, 0.05) is 23.2 Å². The lowest BCUT2D eigenvalue weighted by molar-refractivity contribution is 0.0355. The number of anilines is 1. The summed E-state index contributed by atoms with van der Waals surface area (Å²) in [6.07, 6.45) is 1.37. The van der Waals surface area contributed by atoms with Gasteiger partial charge in [0.2, 0.25) is 10.0 Å². The van der Waals surface area contributed by atoms with E-state index in [1.807, 2.05) is 20.8 Å². The molecule has 9 heteroatoms. The Morgan fingerprint density at radius 2 is 1.80 bits per heavy atom. The van der Waals surface area contributed by atoms with Gasteiger partial charge in [-0.05, 0) is 63.1 Å². The van der Waals surface area contributed by atoms with Crippen molar-refractivity contribution in [3.63, 3.8) is 0 Å². The molecule has 162 valence electrons. The molecule has 30 heavy (non-hydrogen) atoms. The SMILES string of the molecule is Cc1c(C)c2c(c(C)c1O)C(=NO)CC(C)(COc1ccc(NS(C)(=O)=O)cc1)O2. The molecule has 0 radical (unpaired) electrons. The molecule has 8 nitrogen and oxygen atoms in total. The zero-order valence-corrected chi connectivity index (χ0v) is 18.4. The smallest absolute Gasteiger partial charge is 0.229 e. The summed E-state index contributed by atoms with van der Waals surface area (Å²) in [4.78, 5) is 0. The van der Waals surface area contributed by atoms with Gasteiger partial charge in [-0.25, -0.2) is 8.42 Å². The number of rotatable bonds is 5. The Labute approximate surface area is 176 Å². The largest absolute Gasteiger partial charge is 0.507 e. The summed E-state index contributed by atoms with van der Waals surface area (Å²) in [6, 6.07) is 6.53. The quantitative estimate of drug-likeness (QED) is 0.490. The first-order valence-electron chi connectivity index (χ1n) is 9.38. The minimum absolute atomic E-state index is 0.165. The Hall–Kier alpha value is -2.94. The Bertz CT molecular complexity index is 1110. The third-order valence-electron chi connectivity index (χ3n) is 5.22. The van der Waals surface area contributed by atoms with E-state index >= 15 is 0 Å². The number of ether oxygens (including phenoxy) is 2. The molecule has 1 aliphatic heterocycles. The number of hydrogen-bond acceptors (Lipinski definition) is 7. The Balaban J connectivity index is 1.83. The van der Waals surface area contributed by atoms with Crippen LogP contribution in [0.3, 0.4) is 0 Å². The number of nitrogens with one attached hydrogen (secondary N) is 1. The number of fused-ring (bicyclic) bond motifs is 1. The van der Waals surface area contributed by atoms with Gasteiger partial charge in [0.05, 0.1) is 12.0 Å². The first-order chi connectivity index (χ1) is 13.9. The summed E-state index contributed by atoms with van der Waals surface area (Å²) in [5.74, 6) is 1.28. The van der Waals surface area contributed by atoms with Crippen molar-refractivity contribution in [2.24, 2.45) is 5.16 Å². The molecule has 0 spiro atoms. The van der Waals surface area contributed by atoms with E-state index in [2.05, 4.69) is 9.88 Å². The average Bonchev–Trinajstić information content (AvgIpc) is 2.68. The second-order valence-corrected chi connectivity index (χ2v) is 9.64. The van der Waals surface area contributed by atoms with Crippen LogP contribution in [0.5, 0.6) is 17.2 Å². The molecule has 2 aromatic rings. The number of oxime groups is 1. The molecule has 3 N–H and O–H groups in total. The van der Waals surface area contributed by atoms with Crippen LogP contribution < -0.4 is 14.2 Å². The van der Waals surface area contributed by atoms with Crippen LogP contribution in [0.2, 0.25) is 0 Å². The molecule has 0 fully saturated rings. The van der Waals surface area contributed by atoms with Gasteiger partial charge in [-0.15, -0.1) is 0 Å². The van der Waals surface area contributed by atoms with Crippen molar-refractivity contribution in [2.75, 3.05) is 17.6 Å². The van der Waals surface area contributed by atoms with Crippen molar-refractivity contribution in [3.05, 3.63) is 46.5 Å². The second-order valence-electron chi connectivity index (χ2n) is 7.89. The maximum absolute atomic E-state index is 11.3. The monoisotopic (exact) mass is 434 g/mol. The lowest BCUT2D eigenvalue weighted by atomic mass is 9.86. The van der Waals surface area contributed by atoms with E-state index in [9.17, 15) is 18.7 Å². The third kappa shape index (κ3) is 4.30. The van der Waals surface area contributed by atoms with E-state index in [0.717, 1.165) is 11.8 Å². The number of phenolic OH excluding ortho intramolecular Hbond substituents is 1. The zero-order valence-electron chi connectivity index (χ0n) is 17.6. The topological polar surface area (TPSA) is 117 Å². The number of aromatic hydroxyl groups is 1. The van der Waals surface area contributed by atoms with Crippen LogP contribution >= 0.6 is 0 Å². The van der Waals surface area contributed by atoms with E-state index in [0.29, 0.717) is 39.6 Å². The normalized spacial score (nSPS) is 19.8. The fourth-order valence-electron chi connectivity index (χ4n) is 3.54. The van der Waals surface area contributed by atoms with Gasteiger partial charge in [-0.1, -0.05) is 5.16 Å². The van der Waals surface area contributed by atoms with E-state index in [-0.39, 0.29) is 18.8 Å². The summed E-state index contributed by atoms with van der Waals surface area (Å²) in [5, 5.41) is 23.4. The Morgan fingerprint density at radius 1 is 1.17 bits per heavy atom. The van der Waals surface area contributed by atoms with Crippen molar-refractivity contribution in [1.82, 2.24) is 0 Å². The highest BCUT2D eigenvalue weighted by Crippen LogP contribution is 2.43. The maximum atomic E-state index is 11.3. The minimum Gasteiger partial charge on any atom is -0.507 e. The van der Waals surface area contributed by atoms with Crippen molar-refractivity contribution in [1.29, 1.82) is 0 Å². The molecular formula is C21H26N2O6S. The molecular weight excluding hydrogens is 408 g/mol. The number of benzene rings is 2. The van der Waals surface area contributed by atoms with Crippen LogP contribution in [0.25, 0.3) is 0 Å². The molecule has 0 saturated heterocycles. The molecule has 1 aliphatic rings. The summed E-state index contributed by atoms with van der Waals surface area (Å²) >= 11 is 0. The summed E-state index contributed by atoms with van der Waals surface area (Å²) < 4.78 is 37.2. The maximum Gasteiger partial charge on any atom is 0.229 e. The number of hydrogen-bond donors (Lipinski definition) is 3. The fraction of sp³-hybridized carbons (Fsp3) is 0.381. The molecule has 0 saturated carbocycles. The molecule has 1 atom stereocenters. The predicted octanol–water partition coefficient (Wildman–Crippen LogP) is 3.49. The second kappa shape index (κ2) is 7.71. The lowest BCUT2D eigenvalue weighted by Crippen LogP contribution is -2.45. The molecule has 0 amide bonds. The zero-order chi connectivity index (χ0) is 22.3. The summed E-state index contributed by atoms with van der Waals surface area (Å²) in [7, 11) is -3.35. The van der Waals surface area contributed by atoms with Gasteiger partial charge in [0.25, 0.3) is 0 Å².